The summed E-state index contributed by atoms with van der Waals surface area (Å²) in [6, 6.07) is 8.56. The Labute approximate surface area is 176 Å². The molecule has 8 heteroatoms. The highest BCUT2D eigenvalue weighted by Crippen LogP contribution is 2.54. The van der Waals surface area contributed by atoms with E-state index in [2.05, 4.69) is 11.6 Å². The van der Waals surface area contributed by atoms with Crippen molar-refractivity contribution in [3.63, 3.8) is 0 Å². The van der Waals surface area contributed by atoms with Gasteiger partial charge in [-0.05, 0) is 42.0 Å². The number of nitrogens with zero attached hydrogens (tertiary/aromatic N) is 3. The predicted octanol–water partition coefficient (Wildman–Crippen LogP) is 4.67. The zero-order valence-electron chi connectivity index (χ0n) is 15.9. The van der Waals surface area contributed by atoms with E-state index in [4.69, 9.17) is 4.74 Å². The van der Waals surface area contributed by atoms with Crippen LogP contribution in [0.4, 0.5) is 10.1 Å². The Bertz CT molecular complexity index is 1050. The van der Waals surface area contributed by atoms with Gasteiger partial charge in [0.05, 0.1) is 33.5 Å². The van der Waals surface area contributed by atoms with Gasteiger partial charge in [-0.3, -0.25) is 9.78 Å². The van der Waals surface area contributed by atoms with Crippen LogP contribution < -0.4 is 4.90 Å². The number of anilines is 1. The Morgan fingerprint density at radius 2 is 2.03 bits per heavy atom. The Kier molecular flexibility index (Phi) is 5.38. The molecule has 0 spiro atoms. The number of rotatable bonds is 3. The lowest BCUT2D eigenvalue weighted by molar-refractivity contribution is -0.140. The number of hydrogen-bond donors (Lipinski definition) is 0. The summed E-state index contributed by atoms with van der Waals surface area (Å²) < 4.78 is 18.6. The Morgan fingerprint density at radius 3 is 2.76 bits per heavy atom. The van der Waals surface area contributed by atoms with Gasteiger partial charge in [0, 0.05) is 24.3 Å². The quantitative estimate of drug-likeness (QED) is 0.660. The van der Waals surface area contributed by atoms with Crippen LogP contribution in [0.3, 0.4) is 0 Å². The topological polar surface area (TPSA) is 45.7 Å². The predicted molar refractivity (Wildman–Crippen MR) is 115 cm³/mol. The van der Waals surface area contributed by atoms with E-state index >= 15 is 0 Å². The minimum atomic E-state index is -0.351. The summed E-state index contributed by atoms with van der Waals surface area (Å²) in [5.74, 6) is -0.623. The number of benzene rings is 1. The van der Waals surface area contributed by atoms with Gasteiger partial charge in [0.15, 0.2) is 0 Å². The molecule has 0 atom stereocenters. The summed E-state index contributed by atoms with van der Waals surface area (Å²) in [6.45, 7) is 4.29. The van der Waals surface area contributed by atoms with Gasteiger partial charge in [-0.25, -0.2) is 4.39 Å². The first-order chi connectivity index (χ1) is 14.0. The summed E-state index contributed by atoms with van der Waals surface area (Å²) >= 11 is 3.10. The summed E-state index contributed by atoms with van der Waals surface area (Å²) in [6.07, 6.45) is 5.42. The highest BCUT2D eigenvalue weighted by Gasteiger charge is 2.35. The number of aromatic nitrogens is 1. The van der Waals surface area contributed by atoms with Gasteiger partial charge in [-0.15, -0.1) is 0 Å². The van der Waals surface area contributed by atoms with E-state index in [0.29, 0.717) is 5.70 Å². The van der Waals surface area contributed by atoms with Crippen LogP contribution in [-0.4, -0.2) is 36.6 Å². The summed E-state index contributed by atoms with van der Waals surface area (Å²) in [5, 5.41) is 1.82. The third-order valence-corrected chi connectivity index (χ3v) is 7.11. The Balaban J connectivity index is 1.74. The van der Waals surface area contributed by atoms with Crippen molar-refractivity contribution in [2.75, 3.05) is 25.6 Å². The number of hydrogen-bond acceptors (Lipinski definition) is 7. The lowest BCUT2D eigenvalue weighted by Crippen LogP contribution is -2.25. The molecule has 5 nitrogen and oxygen atoms in total. The van der Waals surface area contributed by atoms with E-state index in [1.54, 1.807) is 30.2 Å². The van der Waals surface area contributed by atoms with Crippen molar-refractivity contribution < 1.29 is 13.9 Å². The maximum Gasteiger partial charge on any atom is 0.325 e. The molecule has 0 saturated carbocycles. The first-order valence-corrected chi connectivity index (χ1v) is 10.4. The number of ether oxygens (including phenoxy) is 1. The first-order valence-electron chi connectivity index (χ1n) is 8.76. The molecule has 2 aliphatic heterocycles. The summed E-state index contributed by atoms with van der Waals surface area (Å²) in [7, 11) is 3.27. The maximum atomic E-state index is 13.7. The number of fused-ring (bicyclic) bond motifs is 1. The number of esters is 1. The van der Waals surface area contributed by atoms with Crippen LogP contribution in [0.2, 0.25) is 0 Å². The number of carbonyl (C=O) groups is 1. The molecule has 0 N–H and O–H groups in total. The van der Waals surface area contributed by atoms with Crippen molar-refractivity contribution in [1.82, 2.24) is 9.88 Å². The van der Waals surface area contributed by atoms with Gasteiger partial charge in [-0.2, -0.15) is 0 Å². The molecule has 0 radical (unpaired) electrons. The third kappa shape index (κ3) is 3.77. The smallest absolute Gasteiger partial charge is 0.325 e. The van der Waals surface area contributed by atoms with Crippen molar-refractivity contribution in [3.05, 3.63) is 81.3 Å². The van der Waals surface area contributed by atoms with Crippen molar-refractivity contribution in [2.24, 2.45) is 0 Å². The highest BCUT2D eigenvalue weighted by molar-refractivity contribution is 8.09. The summed E-state index contributed by atoms with van der Waals surface area (Å²) in [4.78, 5) is 21.8. The second-order valence-corrected chi connectivity index (χ2v) is 8.44. The molecule has 29 heavy (non-hydrogen) atoms. The zero-order valence-corrected chi connectivity index (χ0v) is 17.5. The van der Waals surface area contributed by atoms with Crippen LogP contribution in [0, 0.1) is 5.82 Å². The molecule has 4 rings (SSSR count). The van der Waals surface area contributed by atoms with Gasteiger partial charge >= 0.3 is 5.97 Å². The molecule has 0 unspecified atom stereocenters. The van der Waals surface area contributed by atoms with E-state index in [-0.39, 0.29) is 18.3 Å². The molecule has 2 aromatic rings. The highest BCUT2D eigenvalue weighted by atomic mass is 32.2. The van der Waals surface area contributed by atoms with Gasteiger partial charge in [0.1, 0.15) is 12.4 Å². The monoisotopic (exact) mass is 427 g/mol. The van der Waals surface area contributed by atoms with E-state index < -0.39 is 0 Å². The van der Waals surface area contributed by atoms with Gasteiger partial charge < -0.3 is 14.5 Å². The van der Waals surface area contributed by atoms with Crippen LogP contribution in [-0.2, 0) is 9.53 Å². The van der Waals surface area contributed by atoms with Crippen LogP contribution in [0.15, 0.2) is 74.9 Å². The molecule has 148 valence electrons. The molecule has 1 aromatic heterocycles. The average Bonchev–Trinajstić information content (AvgIpc) is 3.20. The van der Waals surface area contributed by atoms with Crippen molar-refractivity contribution in [1.29, 1.82) is 0 Å². The van der Waals surface area contributed by atoms with Gasteiger partial charge in [0.2, 0.25) is 0 Å². The maximum absolute atomic E-state index is 13.7. The van der Waals surface area contributed by atoms with Crippen LogP contribution in [0.1, 0.15) is 5.56 Å². The second-order valence-electron chi connectivity index (χ2n) is 6.38. The molecule has 0 bridgehead atoms. The van der Waals surface area contributed by atoms with Crippen LogP contribution >= 0.6 is 23.5 Å². The Hall–Kier alpha value is -2.71. The fraction of sp³-hybridized carbons (Fsp3) is 0.143. The van der Waals surface area contributed by atoms with Crippen LogP contribution in [0.25, 0.3) is 6.08 Å². The van der Waals surface area contributed by atoms with Crippen LogP contribution in [0.5, 0.6) is 0 Å². The van der Waals surface area contributed by atoms with Crippen molar-refractivity contribution in [2.45, 2.75) is 4.90 Å². The lowest BCUT2D eigenvalue weighted by atomic mass is 10.2. The first kappa shape index (κ1) is 19.6. The van der Waals surface area contributed by atoms with E-state index in [1.165, 1.54) is 31.0 Å². The summed E-state index contributed by atoms with van der Waals surface area (Å²) in [5.41, 5.74) is 2.49. The van der Waals surface area contributed by atoms with E-state index in [9.17, 15) is 9.18 Å². The number of halogens is 1. The fourth-order valence-electron chi connectivity index (χ4n) is 3.04. The average molecular weight is 428 g/mol. The lowest BCUT2D eigenvalue weighted by Gasteiger charge is -2.19. The van der Waals surface area contributed by atoms with Gasteiger partial charge in [0.25, 0.3) is 0 Å². The van der Waals surface area contributed by atoms with Crippen molar-refractivity contribution in [3.8, 4) is 0 Å². The largest absolute Gasteiger partial charge is 0.468 e. The standard InChI is InChI=1S/C21H18FN3O2S2/c1-13-20(21-24(2)16-11-15(22)4-5-17(16)28-21)29-18(25(13)12-19(26)27-3)10-14-6-8-23-9-7-14/h4-11H,1,12H2,2-3H3/b18-10-,21-20+. The molecule has 1 fully saturated rings. The molecule has 1 aromatic carbocycles. The third-order valence-electron chi connectivity index (χ3n) is 4.56. The van der Waals surface area contributed by atoms with Gasteiger partial charge in [-0.1, -0.05) is 30.1 Å². The number of thioether (sulfide) groups is 2. The number of methoxy groups -OCH3 is 1. The molecule has 2 aliphatic rings. The SMILES string of the molecule is C=C1/C(=C2\Sc3ccc(F)cc3N2C)S/C(=C\c2ccncc2)N1CC(=O)OC. The molecular weight excluding hydrogens is 409 g/mol. The normalized spacial score (nSPS) is 19.8. The second kappa shape index (κ2) is 7.96. The fourth-order valence-corrected chi connectivity index (χ4v) is 5.52. The minimum Gasteiger partial charge on any atom is -0.468 e. The number of pyridine rings is 1. The molecule has 0 amide bonds. The molecule has 3 heterocycles. The minimum absolute atomic E-state index is 0.0615. The molecule has 1 saturated heterocycles. The number of carbonyl (C=O) groups excluding carboxylic acids is 1. The van der Waals surface area contributed by atoms with E-state index in [1.807, 2.05) is 35.1 Å². The Morgan fingerprint density at radius 1 is 1.28 bits per heavy atom. The van der Waals surface area contributed by atoms with E-state index in [0.717, 1.165) is 31.1 Å². The zero-order chi connectivity index (χ0) is 20.5. The molecule has 0 aliphatic carbocycles. The molecular formula is C21H18FN3O2S2. The van der Waals surface area contributed by atoms with Crippen molar-refractivity contribution >= 4 is 41.3 Å².